The minimum atomic E-state index is 0.798. The topological polar surface area (TPSA) is 29.0 Å². The Hall–Kier alpha value is -1.12. The fraction of sp³-hybridized carbons (Fsp3) is 0.636. The van der Waals surface area contributed by atoms with Crippen LogP contribution in [0.2, 0.25) is 0 Å². The smallest absolute Gasteiger partial charge is 0.151 e. The standard InChI is InChI=1S/C9H13N3.C2H6/c1-8-4-6-12(7-8)9-3-2-5-10-11-9;1-2/h2-3,5,8H,4,6-7H2,1H3;1-2H3. The van der Waals surface area contributed by atoms with Crippen LogP contribution in [0.1, 0.15) is 27.2 Å². The largest absolute Gasteiger partial charge is 0.355 e. The van der Waals surface area contributed by atoms with Crippen LogP contribution >= 0.6 is 0 Å². The zero-order valence-electron chi connectivity index (χ0n) is 9.27. The predicted molar refractivity (Wildman–Crippen MR) is 59.4 cm³/mol. The molecule has 0 radical (unpaired) electrons. The van der Waals surface area contributed by atoms with Gasteiger partial charge in [-0.05, 0) is 24.5 Å². The van der Waals surface area contributed by atoms with E-state index in [1.54, 1.807) is 6.20 Å². The number of hydrogen-bond donors (Lipinski definition) is 0. The van der Waals surface area contributed by atoms with Gasteiger partial charge >= 0.3 is 0 Å². The molecule has 14 heavy (non-hydrogen) atoms. The van der Waals surface area contributed by atoms with Crippen LogP contribution < -0.4 is 4.90 Å². The van der Waals surface area contributed by atoms with Crippen molar-refractivity contribution in [3.63, 3.8) is 0 Å². The molecule has 0 aliphatic carbocycles. The van der Waals surface area contributed by atoms with Gasteiger partial charge in [0, 0.05) is 19.3 Å². The summed E-state index contributed by atoms with van der Waals surface area (Å²) in [5.41, 5.74) is 0. The van der Waals surface area contributed by atoms with Crippen LogP contribution in [-0.2, 0) is 0 Å². The van der Waals surface area contributed by atoms with Gasteiger partial charge in [0.25, 0.3) is 0 Å². The Kier molecular flexibility index (Phi) is 4.36. The molecule has 0 amide bonds. The van der Waals surface area contributed by atoms with Crippen molar-refractivity contribution in [3.8, 4) is 0 Å². The third-order valence-electron chi connectivity index (χ3n) is 2.31. The molecule has 2 heterocycles. The van der Waals surface area contributed by atoms with Gasteiger partial charge in [0.15, 0.2) is 5.82 Å². The van der Waals surface area contributed by atoms with Crippen molar-refractivity contribution < 1.29 is 0 Å². The molecule has 1 aromatic rings. The Morgan fingerprint density at radius 1 is 1.43 bits per heavy atom. The van der Waals surface area contributed by atoms with E-state index in [4.69, 9.17) is 0 Å². The van der Waals surface area contributed by atoms with Crippen molar-refractivity contribution in [3.05, 3.63) is 18.3 Å². The Balaban J connectivity index is 0.000000461. The maximum absolute atomic E-state index is 4.07. The lowest BCUT2D eigenvalue weighted by molar-refractivity contribution is 0.658. The van der Waals surface area contributed by atoms with E-state index in [9.17, 15) is 0 Å². The monoisotopic (exact) mass is 193 g/mol. The fourth-order valence-electron chi connectivity index (χ4n) is 1.61. The zero-order valence-corrected chi connectivity index (χ0v) is 9.27. The predicted octanol–water partition coefficient (Wildman–Crippen LogP) is 2.35. The summed E-state index contributed by atoms with van der Waals surface area (Å²) < 4.78 is 0. The first-order valence-electron chi connectivity index (χ1n) is 5.39. The highest BCUT2D eigenvalue weighted by Crippen LogP contribution is 2.20. The molecule has 3 heteroatoms. The van der Waals surface area contributed by atoms with Gasteiger partial charge in [-0.2, -0.15) is 5.10 Å². The number of nitrogens with zero attached hydrogens (tertiary/aromatic N) is 3. The highest BCUT2D eigenvalue weighted by Gasteiger charge is 2.19. The summed E-state index contributed by atoms with van der Waals surface area (Å²) in [4.78, 5) is 2.29. The third-order valence-corrected chi connectivity index (χ3v) is 2.31. The first-order chi connectivity index (χ1) is 6.86. The fourth-order valence-corrected chi connectivity index (χ4v) is 1.61. The van der Waals surface area contributed by atoms with E-state index in [2.05, 4.69) is 22.0 Å². The first kappa shape index (κ1) is 11.0. The average Bonchev–Trinajstić information content (AvgIpc) is 2.69. The summed E-state index contributed by atoms with van der Waals surface area (Å²) >= 11 is 0. The highest BCUT2D eigenvalue weighted by molar-refractivity contribution is 5.37. The van der Waals surface area contributed by atoms with E-state index in [1.165, 1.54) is 6.42 Å². The van der Waals surface area contributed by atoms with Crippen LogP contribution in [0.25, 0.3) is 0 Å². The van der Waals surface area contributed by atoms with Crippen LogP contribution in [0, 0.1) is 5.92 Å². The zero-order chi connectivity index (χ0) is 10.4. The quantitative estimate of drug-likeness (QED) is 0.685. The Bertz CT molecular complexity index is 248. The van der Waals surface area contributed by atoms with E-state index < -0.39 is 0 Å². The van der Waals surface area contributed by atoms with Gasteiger partial charge in [-0.15, -0.1) is 5.10 Å². The van der Waals surface area contributed by atoms with Gasteiger partial charge in [-0.3, -0.25) is 0 Å². The second-order valence-corrected chi connectivity index (χ2v) is 3.42. The lowest BCUT2D eigenvalue weighted by Gasteiger charge is -2.15. The molecular weight excluding hydrogens is 174 g/mol. The lowest BCUT2D eigenvalue weighted by Crippen LogP contribution is -2.20. The molecule has 1 saturated heterocycles. The van der Waals surface area contributed by atoms with Crippen molar-refractivity contribution in [1.82, 2.24) is 10.2 Å². The van der Waals surface area contributed by atoms with E-state index in [0.717, 1.165) is 24.8 Å². The summed E-state index contributed by atoms with van der Waals surface area (Å²) in [5, 5.41) is 7.93. The third kappa shape index (κ3) is 2.69. The summed E-state index contributed by atoms with van der Waals surface area (Å²) in [5.74, 6) is 1.81. The summed E-state index contributed by atoms with van der Waals surface area (Å²) in [6.07, 6.45) is 2.99. The second kappa shape index (κ2) is 5.58. The number of hydrogen-bond acceptors (Lipinski definition) is 3. The van der Waals surface area contributed by atoms with Crippen LogP contribution in [-0.4, -0.2) is 23.3 Å². The van der Waals surface area contributed by atoms with Crippen LogP contribution in [0.3, 0.4) is 0 Å². The summed E-state index contributed by atoms with van der Waals surface area (Å²) in [6, 6.07) is 3.95. The molecular formula is C11H19N3. The van der Waals surface area contributed by atoms with Gasteiger partial charge < -0.3 is 4.90 Å². The Labute approximate surface area is 86.2 Å². The SMILES string of the molecule is CC.CC1CCN(c2cccnn2)C1. The molecule has 1 aliphatic rings. The van der Waals surface area contributed by atoms with Crippen LogP contribution in [0.5, 0.6) is 0 Å². The molecule has 1 aliphatic heterocycles. The average molecular weight is 193 g/mol. The normalized spacial score (nSPS) is 20.2. The molecule has 0 bridgehead atoms. The number of rotatable bonds is 1. The molecule has 0 saturated carbocycles. The van der Waals surface area contributed by atoms with E-state index in [1.807, 2.05) is 26.0 Å². The van der Waals surface area contributed by atoms with Crippen LogP contribution in [0.15, 0.2) is 18.3 Å². The van der Waals surface area contributed by atoms with Crippen molar-refractivity contribution in [1.29, 1.82) is 0 Å². The lowest BCUT2D eigenvalue weighted by atomic mass is 10.2. The van der Waals surface area contributed by atoms with Gasteiger partial charge in [-0.25, -0.2) is 0 Å². The van der Waals surface area contributed by atoms with Crippen molar-refractivity contribution >= 4 is 5.82 Å². The van der Waals surface area contributed by atoms with Gasteiger partial charge in [0.05, 0.1) is 0 Å². The van der Waals surface area contributed by atoms with Crippen molar-refractivity contribution in [2.45, 2.75) is 27.2 Å². The summed E-state index contributed by atoms with van der Waals surface area (Å²) in [7, 11) is 0. The van der Waals surface area contributed by atoms with Gasteiger partial charge in [-0.1, -0.05) is 20.8 Å². The van der Waals surface area contributed by atoms with Gasteiger partial charge in [0.2, 0.25) is 0 Å². The molecule has 3 nitrogen and oxygen atoms in total. The Morgan fingerprint density at radius 3 is 2.71 bits per heavy atom. The molecule has 0 N–H and O–H groups in total. The second-order valence-electron chi connectivity index (χ2n) is 3.42. The molecule has 78 valence electrons. The summed E-state index contributed by atoms with van der Waals surface area (Å²) in [6.45, 7) is 8.52. The number of aromatic nitrogens is 2. The van der Waals surface area contributed by atoms with Crippen molar-refractivity contribution in [2.75, 3.05) is 18.0 Å². The number of anilines is 1. The minimum absolute atomic E-state index is 0.798. The maximum Gasteiger partial charge on any atom is 0.151 e. The maximum atomic E-state index is 4.07. The molecule has 2 rings (SSSR count). The highest BCUT2D eigenvalue weighted by atomic mass is 15.3. The minimum Gasteiger partial charge on any atom is -0.355 e. The van der Waals surface area contributed by atoms with Gasteiger partial charge in [0.1, 0.15) is 0 Å². The van der Waals surface area contributed by atoms with Crippen LogP contribution in [0.4, 0.5) is 5.82 Å². The molecule has 1 fully saturated rings. The van der Waals surface area contributed by atoms with E-state index >= 15 is 0 Å². The molecule has 0 aromatic carbocycles. The van der Waals surface area contributed by atoms with E-state index in [-0.39, 0.29) is 0 Å². The Morgan fingerprint density at radius 2 is 2.21 bits per heavy atom. The molecule has 1 aromatic heterocycles. The molecule has 1 unspecified atom stereocenters. The molecule has 0 spiro atoms. The van der Waals surface area contributed by atoms with E-state index in [0.29, 0.717) is 0 Å². The molecule has 1 atom stereocenters. The first-order valence-corrected chi connectivity index (χ1v) is 5.39. The van der Waals surface area contributed by atoms with Crippen molar-refractivity contribution in [2.24, 2.45) is 5.92 Å².